The van der Waals surface area contributed by atoms with Crippen molar-refractivity contribution < 1.29 is 4.74 Å². The fraction of sp³-hybridized carbons (Fsp3) is 0.733. The summed E-state index contributed by atoms with van der Waals surface area (Å²) in [6, 6.07) is 0.365. The number of nitrogens with two attached hydrogens (primary N) is 1. The van der Waals surface area contributed by atoms with Gasteiger partial charge in [-0.15, -0.1) is 0 Å². The highest BCUT2D eigenvalue weighted by Gasteiger charge is 2.41. The maximum absolute atomic E-state index is 5.90. The van der Waals surface area contributed by atoms with E-state index in [9.17, 15) is 0 Å². The lowest BCUT2D eigenvalue weighted by molar-refractivity contribution is 0.0898. The molecule has 2 atom stereocenters. The standard InChI is InChI=1S/C15H23N5O/c1-8-13(17-11-6-7-21-12(11)9-2-3-9)18-15(10-4-5-10)19-14(8)20-16/h9-12H,2-7,16H2,1H3,(H2,17,18,19,20). The highest BCUT2D eigenvalue weighted by Crippen LogP contribution is 2.41. The molecule has 2 unspecified atom stereocenters. The maximum Gasteiger partial charge on any atom is 0.148 e. The van der Waals surface area contributed by atoms with Crippen LogP contribution in [-0.2, 0) is 4.74 Å². The van der Waals surface area contributed by atoms with Crippen LogP contribution >= 0.6 is 0 Å². The Hall–Kier alpha value is -1.40. The van der Waals surface area contributed by atoms with Gasteiger partial charge in [0.05, 0.1) is 12.1 Å². The molecule has 6 heteroatoms. The maximum atomic E-state index is 5.90. The highest BCUT2D eigenvalue weighted by molar-refractivity contribution is 5.57. The largest absolute Gasteiger partial charge is 0.376 e. The summed E-state index contributed by atoms with van der Waals surface area (Å²) in [6.45, 7) is 2.86. The highest BCUT2D eigenvalue weighted by atomic mass is 16.5. The van der Waals surface area contributed by atoms with Crippen molar-refractivity contribution in [3.8, 4) is 0 Å². The Morgan fingerprint density at radius 2 is 1.86 bits per heavy atom. The van der Waals surface area contributed by atoms with E-state index in [1.165, 1.54) is 25.7 Å². The lowest BCUT2D eigenvalue weighted by Gasteiger charge is -2.22. The van der Waals surface area contributed by atoms with E-state index in [-0.39, 0.29) is 0 Å². The van der Waals surface area contributed by atoms with Gasteiger partial charge in [0, 0.05) is 18.1 Å². The molecule has 0 aromatic carbocycles. The molecule has 1 aromatic rings. The van der Waals surface area contributed by atoms with Crippen molar-refractivity contribution in [2.45, 2.75) is 57.1 Å². The van der Waals surface area contributed by atoms with Gasteiger partial charge in [0.25, 0.3) is 0 Å². The van der Waals surface area contributed by atoms with Gasteiger partial charge < -0.3 is 15.5 Å². The molecule has 4 rings (SSSR count). The predicted molar refractivity (Wildman–Crippen MR) is 81.0 cm³/mol. The molecule has 114 valence electrons. The summed E-state index contributed by atoms with van der Waals surface area (Å²) >= 11 is 0. The number of aromatic nitrogens is 2. The molecule has 0 spiro atoms. The Kier molecular flexibility index (Phi) is 3.23. The van der Waals surface area contributed by atoms with Crippen molar-refractivity contribution in [1.82, 2.24) is 9.97 Å². The first-order valence-electron chi connectivity index (χ1n) is 7.99. The van der Waals surface area contributed by atoms with Crippen molar-refractivity contribution >= 4 is 11.6 Å². The number of nitrogens with one attached hydrogen (secondary N) is 2. The van der Waals surface area contributed by atoms with Crippen LogP contribution in [0.1, 0.15) is 49.4 Å². The summed E-state index contributed by atoms with van der Waals surface area (Å²) in [7, 11) is 0. The minimum Gasteiger partial charge on any atom is -0.376 e. The third-order valence-corrected chi connectivity index (χ3v) is 4.79. The summed E-state index contributed by atoms with van der Waals surface area (Å²) in [5.41, 5.74) is 3.70. The first-order valence-corrected chi connectivity index (χ1v) is 7.99. The number of anilines is 2. The summed E-state index contributed by atoms with van der Waals surface area (Å²) in [4.78, 5) is 9.28. The van der Waals surface area contributed by atoms with Crippen molar-refractivity contribution in [2.24, 2.45) is 11.8 Å². The number of hydrazine groups is 1. The molecule has 1 aromatic heterocycles. The molecule has 0 amide bonds. The van der Waals surface area contributed by atoms with Crippen LogP contribution in [0.4, 0.5) is 11.6 Å². The van der Waals surface area contributed by atoms with Crippen LogP contribution in [0.5, 0.6) is 0 Å². The Bertz CT molecular complexity index is 541. The normalized spacial score (nSPS) is 28.7. The Morgan fingerprint density at radius 3 is 2.52 bits per heavy atom. The van der Waals surface area contributed by atoms with E-state index < -0.39 is 0 Å². The summed E-state index contributed by atoms with van der Waals surface area (Å²) in [5, 5.41) is 3.61. The zero-order valence-corrected chi connectivity index (χ0v) is 12.4. The molecule has 6 nitrogen and oxygen atoms in total. The van der Waals surface area contributed by atoms with Crippen LogP contribution in [0.15, 0.2) is 0 Å². The number of rotatable bonds is 5. The molecular weight excluding hydrogens is 266 g/mol. The third-order valence-electron chi connectivity index (χ3n) is 4.79. The molecule has 2 saturated carbocycles. The molecule has 2 aliphatic carbocycles. The zero-order valence-electron chi connectivity index (χ0n) is 12.4. The van der Waals surface area contributed by atoms with E-state index in [2.05, 4.69) is 15.7 Å². The van der Waals surface area contributed by atoms with E-state index >= 15 is 0 Å². The average molecular weight is 289 g/mol. The lowest BCUT2D eigenvalue weighted by atomic mass is 10.1. The van der Waals surface area contributed by atoms with Gasteiger partial charge in [0.15, 0.2) is 0 Å². The first-order chi connectivity index (χ1) is 10.3. The number of hydrogen-bond acceptors (Lipinski definition) is 6. The van der Waals surface area contributed by atoms with Crippen LogP contribution in [0.25, 0.3) is 0 Å². The molecule has 0 radical (unpaired) electrons. The second kappa shape index (κ2) is 5.10. The monoisotopic (exact) mass is 289 g/mol. The SMILES string of the molecule is Cc1c(NN)nc(C2CC2)nc1NC1CCOC1C1CC1. The Labute approximate surface area is 124 Å². The molecule has 21 heavy (non-hydrogen) atoms. The quantitative estimate of drug-likeness (QED) is 0.567. The van der Waals surface area contributed by atoms with Gasteiger partial charge in [-0.05, 0) is 44.9 Å². The second-order valence-electron chi connectivity index (χ2n) is 6.53. The van der Waals surface area contributed by atoms with E-state index in [1.807, 2.05) is 6.92 Å². The van der Waals surface area contributed by atoms with E-state index in [4.69, 9.17) is 15.6 Å². The molecule has 1 aliphatic heterocycles. The molecule has 4 N–H and O–H groups in total. The Balaban J connectivity index is 1.59. The van der Waals surface area contributed by atoms with Gasteiger partial charge >= 0.3 is 0 Å². The van der Waals surface area contributed by atoms with E-state index in [1.54, 1.807) is 0 Å². The topological polar surface area (TPSA) is 85.1 Å². The average Bonchev–Trinajstić information content (AvgIpc) is 3.40. The van der Waals surface area contributed by atoms with E-state index in [0.29, 0.717) is 18.1 Å². The summed E-state index contributed by atoms with van der Waals surface area (Å²) < 4.78 is 5.90. The number of hydrogen-bond donors (Lipinski definition) is 3. The van der Waals surface area contributed by atoms with Gasteiger partial charge in [-0.1, -0.05) is 0 Å². The fourth-order valence-electron chi connectivity index (χ4n) is 3.17. The molecule has 3 fully saturated rings. The number of nitrogen functional groups attached to an aromatic ring is 1. The van der Waals surface area contributed by atoms with Crippen LogP contribution in [0.2, 0.25) is 0 Å². The minimum atomic E-state index is 0.345. The number of nitrogens with zero attached hydrogens (tertiary/aromatic N) is 2. The summed E-state index contributed by atoms with van der Waals surface area (Å²) in [5.74, 6) is 9.42. The third kappa shape index (κ3) is 2.58. The first kappa shape index (κ1) is 13.3. The van der Waals surface area contributed by atoms with Gasteiger partial charge in [0.2, 0.25) is 0 Å². The van der Waals surface area contributed by atoms with Crippen LogP contribution in [0.3, 0.4) is 0 Å². The molecule has 1 saturated heterocycles. The van der Waals surface area contributed by atoms with Crippen molar-refractivity contribution in [2.75, 3.05) is 17.3 Å². The molecule has 0 bridgehead atoms. The van der Waals surface area contributed by atoms with Gasteiger partial charge in [0.1, 0.15) is 17.5 Å². The van der Waals surface area contributed by atoms with Gasteiger partial charge in [-0.3, -0.25) is 0 Å². The van der Waals surface area contributed by atoms with Crippen molar-refractivity contribution in [1.29, 1.82) is 0 Å². The second-order valence-corrected chi connectivity index (χ2v) is 6.53. The minimum absolute atomic E-state index is 0.345. The van der Waals surface area contributed by atoms with Crippen LogP contribution in [-0.4, -0.2) is 28.7 Å². The van der Waals surface area contributed by atoms with Gasteiger partial charge in [-0.2, -0.15) is 0 Å². The molecular formula is C15H23N5O. The smallest absolute Gasteiger partial charge is 0.148 e. The van der Waals surface area contributed by atoms with Crippen molar-refractivity contribution in [3.63, 3.8) is 0 Å². The van der Waals surface area contributed by atoms with Gasteiger partial charge in [-0.25, -0.2) is 15.8 Å². The summed E-state index contributed by atoms with van der Waals surface area (Å²) in [6.07, 6.45) is 6.36. The number of ether oxygens (including phenoxy) is 1. The Morgan fingerprint density at radius 1 is 1.10 bits per heavy atom. The molecule has 2 heterocycles. The van der Waals surface area contributed by atoms with E-state index in [0.717, 1.165) is 42.0 Å². The lowest BCUT2D eigenvalue weighted by Crippen LogP contribution is -2.32. The van der Waals surface area contributed by atoms with Crippen LogP contribution in [0, 0.1) is 12.8 Å². The fourth-order valence-corrected chi connectivity index (χ4v) is 3.17. The zero-order chi connectivity index (χ0) is 14.4. The molecule has 3 aliphatic rings. The van der Waals surface area contributed by atoms with Crippen LogP contribution < -0.4 is 16.6 Å². The van der Waals surface area contributed by atoms with Crippen molar-refractivity contribution in [3.05, 3.63) is 11.4 Å². The predicted octanol–water partition coefficient (Wildman–Crippen LogP) is 1.93.